The van der Waals surface area contributed by atoms with Gasteiger partial charge in [0, 0.05) is 6.54 Å². The van der Waals surface area contributed by atoms with Crippen molar-refractivity contribution < 1.29 is 9.59 Å². The van der Waals surface area contributed by atoms with E-state index in [2.05, 4.69) is 12.2 Å². The van der Waals surface area contributed by atoms with Gasteiger partial charge in [-0.2, -0.15) is 0 Å². The highest BCUT2D eigenvalue weighted by molar-refractivity contribution is 5.87. The standard InChI is InChI=1S/C13H25N3O2.ClH/c1-9-3-2-4-10(7-9)5-6-16-13(18)11(14)8-12(15)17;/h9-11H,2-8,14H2,1H3,(H2,15,17)(H,16,18);1H. The lowest BCUT2D eigenvalue weighted by Gasteiger charge is -2.26. The maximum Gasteiger partial charge on any atom is 0.237 e. The number of nitrogens with two attached hydrogens (primary N) is 2. The molecule has 0 saturated heterocycles. The van der Waals surface area contributed by atoms with Crippen LogP contribution in [0.15, 0.2) is 0 Å². The first-order chi connectivity index (χ1) is 8.49. The minimum atomic E-state index is -0.812. The van der Waals surface area contributed by atoms with E-state index in [0.29, 0.717) is 12.5 Å². The van der Waals surface area contributed by atoms with Crippen LogP contribution in [-0.4, -0.2) is 24.4 Å². The molecule has 1 saturated carbocycles. The predicted octanol–water partition coefficient (Wildman–Crippen LogP) is 0.944. The second-order valence-electron chi connectivity index (χ2n) is 5.49. The normalized spacial score (nSPS) is 24.1. The van der Waals surface area contributed by atoms with Gasteiger partial charge in [-0.3, -0.25) is 9.59 Å². The number of nitrogens with one attached hydrogen (secondary N) is 1. The highest BCUT2D eigenvalue weighted by atomic mass is 35.5. The third-order valence-electron chi connectivity index (χ3n) is 3.65. The molecule has 6 heteroatoms. The number of carbonyl (C=O) groups is 2. The SMILES string of the molecule is CC1CCCC(CCNC(=O)C(N)CC(N)=O)C1.Cl. The van der Waals surface area contributed by atoms with E-state index in [1.54, 1.807) is 0 Å². The number of halogens is 1. The van der Waals surface area contributed by atoms with Crippen molar-refractivity contribution in [2.75, 3.05) is 6.54 Å². The van der Waals surface area contributed by atoms with Crippen molar-refractivity contribution in [3.8, 4) is 0 Å². The molecule has 0 bridgehead atoms. The summed E-state index contributed by atoms with van der Waals surface area (Å²) in [4.78, 5) is 22.2. The smallest absolute Gasteiger partial charge is 0.237 e. The van der Waals surface area contributed by atoms with Crippen LogP contribution in [0, 0.1) is 11.8 Å². The molecule has 0 aliphatic heterocycles. The second kappa shape index (κ2) is 9.15. The van der Waals surface area contributed by atoms with Crippen LogP contribution in [0.3, 0.4) is 0 Å². The van der Waals surface area contributed by atoms with Crippen LogP contribution >= 0.6 is 12.4 Å². The Morgan fingerprint density at radius 3 is 2.63 bits per heavy atom. The van der Waals surface area contributed by atoms with Crippen molar-refractivity contribution in [2.24, 2.45) is 23.3 Å². The summed E-state index contributed by atoms with van der Waals surface area (Å²) < 4.78 is 0. The summed E-state index contributed by atoms with van der Waals surface area (Å²) in [6.07, 6.45) is 6.04. The molecule has 1 aliphatic carbocycles. The van der Waals surface area contributed by atoms with Crippen LogP contribution in [0.4, 0.5) is 0 Å². The fourth-order valence-corrected chi connectivity index (χ4v) is 2.66. The minimum absolute atomic E-state index is 0. The highest BCUT2D eigenvalue weighted by Crippen LogP contribution is 2.30. The van der Waals surface area contributed by atoms with Crippen molar-refractivity contribution >= 4 is 24.2 Å². The van der Waals surface area contributed by atoms with Gasteiger partial charge < -0.3 is 16.8 Å². The van der Waals surface area contributed by atoms with Crippen molar-refractivity contribution in [1.82, 2.24) is 5.32 Å². The van der Waals surface area contributed by atoms with Crippen molar-refractivity contribution in [2.45, 2.75) is 51.5 Å². The van der Waals surface area contributed by atoms with Crippen molar-refractivity contribution in [3.63, 3.8) is 0 Å². The maximum absolute atomic E-state index is 11.5. The maximum atomic E-state index is 11.5. The van der Waals surface area contributed by atoms with Crippen LogP contribution in [-0.2, 0) is 9.59 Å². The molecule has 2 amide bonds. The van der Waals surface area contributed by atoms with Gasteiger partial charge in [0.05, 0.1) is 12.5 Å². The molecule has 3 unspecified atom stereocenters. The van der Waals surface area contributed by atoms with E-state index in [9.17, 15) is 9.59 Å². The summed E-state index contributed by atoms with van der Waals surface area (Å²) >= 11 is 0. The fourth-order valence-electron chi connectivity index (χ4n) is 2.66. The third kappa shape index (κ3) is 7.38. The van der Waals surface area contributed by atoms with Crippen LogP contribution in [0.2, 0.25) is 0 Å². The Labute approximate surface area is 121 Å². The average Bonchev–Trinajstić information content (AvgIpc) is 2.28. The monoisotopic (exact) mass is 291 g/mol. The topological polar surface area (TPSA) is 98.2 Å². The molecule has 0 heterocycles. The summed E-state index contributed by atoms with van der Waals surface area (Å²) in [5.41, 5.74) is 10.5. The molecular formula is C13H26ClN3O2. The summed E-state index contributed by atoms with van der Waals surface area (Å²) in [5, 5.41) is 2.78. The van der Waals surface area contributed by atoms with Crippen LogP contribution in [0.5, 0.6) is 0 Å². The second-order valence-corrected chi connectivity index (χ2v) is 5.49. The molecule has 0 radical (unpaired) electrons. The van der Waals surface area contributed by atoms with Gasteiger partial charge in [0.2, 0.25) is 11.8 Å². The van der Waals surface area contributed by atoms with E-state index in [-0.39, 0.29) is 24.7 Å². The number of carbonyl (C=O) groups excluding carboxylic acids is 2. The Hall–Kier alpha value is -0.810. The first kappa shape index (κ1) is 18.2. The van der Waals surface area contributed by atoms with Crippen LogP contribution in [0.1, 0.15) is 45.4 Å². The summed E-state index contributed by atoms with van der Waals surface area (Å²) in [5.74, 6) is 0.689. The van der Waals surface area contributed by atoms with E-state index in [1.807, 2.05) is 0 Å². The lowest BCUT2D eigenvalue weighted by atomic mass is 9.81. The van der Waals surface area contributed by atoms with Crippen LogP contribution in [0.25, 0.3) is 0 Å². The number of amides is 2. The van der Waals surface area contributed by atoms with Gasteiger partial charge in [-0.25, -0.2) is 0 Å². The minimum Gasteiger partial charge on any atom is -0.370 e. The molecule has 1 rings (SSSR count). The largest absolute Gasteiger partial charge is 0.370 e. The molecule has 0 aromatic heterocycles. The Bertz CT molecular complexity index is 300. The zero-order valence-corrected chi connectivity index (χ0v) is 12.4. The molecule has 19 heavy (non-hydrogen) atoms. The fraction of sp³-hybridized carbons (Fsp3) is 0.846. The van der Waals surface area contributed by atoms with E-state index < -0.39 is 11.9 Å². The first-order valence-electron chi connectivity index (χ1n) is 6.80. The molecule has 0 aromatic carbocycles. The lowest BCUT2D eigenvalue weighted by Crippen LogP contribution is -2.43. The molecular weight excluding hydrogens is 266 g/mol. The van der Waals surface area contributed by atoms with Gasteiger partial charge in [-0.15, -0.1) is 12.4 Å². The van der Waals surface area contributed by atoms with Gasteiger partial charge in [0.25, 0.3) is 0 Å². The molecule has 3 atom stereocenters. The number of hydrogen-bond acceptors (Lipinski definition) is 3. The van der Waals surface area contributed by atoms with E-state index >= 15 is 0 Å². The summed E-state index contributed by atoms with van der Waals surface area (Å²) in [6.45, 7) is 2.93. The zero-order valence-electron chi connectivity index (χ0n) is 11.6. The first-order valence-corrected chi connectivity index (χ1v) is 6.80. The number of rotatable bonds is 6. The van der Waals surface area contributed by atoms with Crippen molar-refractivity contribution in [3.05, 3.63) is 0 Å². The molecule has 112 valence electrons. The molecule has 5 N–H and O–H groups in total. The number of hydrogen-bond donors (Lipinski definition) is 3. The van der Waals surface area contributed by atoms with Gasteiger partial charge in [-0.05, 0) is 24.7 Å². The van der Waals surface area contributed by atoms with E-state index in [1.165, 1.54) is 25.7 Å². The Morgan fingerprint density at radius 2 is 2.05 bits per heavy atom. The summed E-state index contributed by atoms with van der Waals surface area (Å²) in [7, 11) is 0. The molecule has 0 aromatic rings. The number of primary amides is 1. The van der Waals surface area contributed by atoms with E-state index in [0.717, 1.165) is 12.3 Å². The average molecular weight is 292 g/mol. The van der Waals surface area contributed by atoms with Gasteiger partial charge in [0.1, 0.15) is 0 Å². The predicted molar refractivity (Wildman–Crippen MR) is 77.8 cm³/mol. The van der Waals surface area contributed by atoms with Crippen molar-refractivity contribution in [1.29, 1.82) is 0 Å². The van der Waals surface area contributed by atoms with Gasteiger partial charge in [-0.1, -0.05) is 26.2 Å². The zero-order chi connectivity index (χ0) is 13.5. The summed E-state index contributed by atoms with van der Waals surface area (Å²) in [6, 6.07) is -0.812. The van der Waals surface area contributed by atoms with Gasteiger partial charge in [0.15, 0.2) is 0 Å². The third-order valence-corrected chi connectivity index (χ3v) is 3.65. The van der Waals surface area contributed by atoms with E-state index in [4.69, 9.17) is 11.5 Å². The lowest BCUT2D eigenvalue weighted by molar-refractivity contribution is -0.126. The Morgan fingerprint density at radius 1 is 1.37 bits per heavy atom. The quantitative estimate of drug-likeness (QED) is 0.679. The highest BCUT2D eigenvalue weighted by Gasteiger charge is 2.19. The molecule has 1 fully saturated rings. The van der Waals surface area contributed by atoms with Crippen LogP contribution < -0.4 is 16.8 Å². The molecule has 1 aliphatic rings. The Balaban J connectivity index is 0.00000324. The molecule has 5 nitrogen and oxygen atoms in total. The van der Waals surface area contributed by atoms with Gasteiger partial charge >= 0.3 is 0 Å². The molecule has 0 spiro atoms. The Kier molecular flexibility index (Phi) is 8.76.